The third-order valence-electron chi connectivity index (χ3n) is 3.01. The van der Waals surface area contributed by atoms with Gasteiger partial charge in [0.1, 0.15) is 10.7 Å². The van der Waals surface area contributed by atoms with Gasteiger partial charge in [0.05, 0.1) is 5.69 Å². The number of thiophene rings is 1. The molecule has 5 heteroatoms. The molecule has 1 amide bonds. The third-order valence-corrected chi connectivity index (χ3v) is 4.19. The van der Waals surface area contributed by atoms with Gasteiger partial charge in [0.15, 0.2) is 0 Å². The molecule has 0 spiro atoms. The van der Waals surface area contributed by atoms with E-state index in [2.05, 4.69) is 6.58 Å². The van der Waals surface area contributed by atoms with Gasteiger partial charge in [0.2, 0.25) is 0 Å². The van der Waals surface area contributed by atoms with E-state index in [1.165, 1.54) is 23.5 Å². The summed E-state index contributed by atoms with van der Waals surface area (Å²) in [5.41, 5.74) is 6.37. The largest absolute Gasteiger partial charge is 0.397 e. The molecule has 0 saturated heterocycles. The molecule has 0 aliphatic carbocycles. The predicted molar refractivity (Wildman–Crippen MR) is 82.6 cm³/mol. The van der Waals surface area contributed by atoms with Crippen molar-refractivity contribution in [1.82, 2.24) is 4.90 Å². The maximum atomic E-state index is 13.3. The van der Waals surface area contributed by atoms with Crippen LogP contribution in [0.2, 0.25) is 0 Å². The zero-order valence-corrected chi connectivity index (χ0v) is 12.2. The number of halogens is 1. The predicted octanol–water partition coefficient (Wildman–Crippen LogP) is 3.66. The van der Waals surface area contributed by atoms with Crippen LogP contribution >= 0.6 is 11.3 Å². The normalized spacial score (nSPS) is 10.7. The molecule has 2 rings (SSSR count). The minimum Gasteiger partial charge on any atom is -0.397 e. The van der Waals surface area contributed by atoms with Crippen LogP contribution in [0.25, 0.3) is 10.1 Å². The fourth-order valence-electron chi connectivity index (χ4n) is 2.09. The number of nitrogens with two attached hydrogens (primary N) is 1. The fourth-order valence-corrected chi connectivity index (χ4v) is 3.16. The monoisotopic (exact) mass is 292 g/mol. The number of carbonyl (C=O) groups excluding carboxylic acids is 1. The van der Waals surface area contributed by atoms with E-state index >= 15 is 0 Å². The van der Waals surface area contributed by atoms with Gasteiger partial charge in [0, 0.05) is 23.2 Å². The van der Waals surface area contributed by atoms with Crippen LogP contribution in [-0.4, -0.2) is 23.9 Å². The van der Waals surface area contributed by atoms with E-state index in [1.807, 2.05) is 6.92 Å². The number of hydrogen-bond donors (Lipinski definition) is 1. The van der Waals surface area contributed by atoms with E-state index < -0.39 is 0 Å². The quantitative estimate of drug-likeness (QED) is 0.855. The molecule has 1 heterocycles. The van der Waals surface area contributed by atoms with Gasteiger partial charge >= 0.3 is 0 Å². The number of fused-ring (bicyclic) bond motifs is 1. The lowest BCUT2D eigenvalue weighted by Gasteiger charge is -2.19. The Morgan fingerprint density at radius 1 is 1.55 bits per heavy atom. The van der Waals surface area contributed by atoms with Gasteiger partial charge in [-0.3, -0.25) is 4.79 Å². The second-order valence-electron chi connectivity index (χ2n) is 4.53. The Kier molecular flexibility index (Phi) is 4.39. The van der Waals surface area contributed by atoms with E-state index in [1.54, 1.807) is 17.0 Å². The molecule has 0 radical (unpaired) electrons. The fraction of sp³-hybridized carbons (Fsp3) is 0.267. The Labute approximate surface area is 121 Å². The number of nitrogens with zero attached hydrogens (tertiary/aromatic N) is 1. The Bertz CT molecular complexity index is 651. The Morgan fingerprint density at radius 3 is 2.95 bits per heavy atom. The van der Waals surface area contributed by atoms with Gasteiger partial charge in [-0.25, -0.2) is 4.39 Å². The van der Waals surface area contributed by atoms with E-state index in [0.29, 0.717) is 29.0 Å². The summed E-state index contributed by atoms with van der Waals surface area (Å²) in [5.74, 6) is -0.469. The van der Waals surface area contributed by atoms with E-state index in [9.17, 15) is 9.18 Å². The van der Waals surface area contributed by atoms with Crippen molar-refractivity contribution in [3.63, 3.8) is 0 Å². The van der Waals surface area contributed by atoms with Crippen LogP contribution in [0.15, 0.2) is 30.9 Å². The molecule has 2 N–H and O–H groups in total. The molecule has 3 nitrogen and oxygen atoms in total. The van der Waals surface area contributed by atoms with Gasteiger partial charge in [0.25, 0.3) is 5.91 Å². The summed E-state index contributed by atoms with van der Waals surface area (Å²) in [6.45, 7) is 6.80. The van der Waals surface area contributed by atoms with Crippen molar-refractivity contribution in [1.29, 1.82) is 0 Å². The highest BCUT2D eigenvalue weighted by atomic mass is 32.1. The van der Waals surface area contributed by atoms with E-state index in [-0.39, 0.29) is 11.7 Å². The highest BCUT2D eigenvalue weighted by molar-refractivity contribution is 7.21. The third kappa shape index (κ3) is 2.67. The summed E-state index contributed by atoms with van der Waals surface area (Å²) < 4.78 is 14.1. The first-order valence-corrected chi connectivity index (χ1v) is 7.27. The second-order valence-corrected chi connectivity index (χ2v) is 5.58. The standard InChI is InChI=1S/C15H17FN2OS/c1-3-7-18(8-4-2)15(19)14-13(17)11-9-10(16)5-6-12(11)20-14/h3,5-6,9H,1,4,7-8,17H2,2H3. The molecule has 1 aromatic heterocycles. The van der Waals surface area contributed by atoms with Gasteiger partial charge < -0.3 is 10.6 Å². The zero-order valence-electron chi connectivity index (χ0n) is 11.4. The average molecular weight is 292 g/mol. The summed E-state index contributed by atoms with van der Waals surface area (Å²) in [4.78, 5) is 14.7. The first-order chi connectivity index (χ1) is 9.58. The highest BCUT2D eigenvalue weighted by Gasteiger charge is 2.21. The van der Waals surface area contributed by atoms with Gasteiger partial charge in [-0.2, -0.15) is 0 Å². The van der Waals surface area contributed by atoms with Crippen LogP contribution < -0.4 is 5.73 Å². The maximum Gasteiger partial charge on any atom is 0.266 e. The van der Waals surface area contributed by atoms with Crippen LogP contribution in [-0.2, 0) is 0 Å². The van der Waals surface area contributed by atoms with Crippen LogP contribution in [0.5, 0.6) is 0 Å². The first kappa shape index (κ1) is 14.5. The van der Waals surface area contributed by atoms with Crippen molar-refractivity contribution in [3.8, 4) is 0 Å². The number of nitrogen functional groups attached to an aromatic ring is 1. The lowest BCUT2D eigenvalue weighted by atomic mass is 10.2. The van der Waals surface area contributed by atoms with Gasteiger partial charge in [-0.05, 0) is 24.6 Å². The molecule has 0 fully saturated rings. The molecule has 0 atom stereocenters. The van der Waals surface area contributed by atoms with Crippen LogP contribution in [0.3, 0.4) is 0 Å². The average Bonchev–Trinajstić information content (AvgIpc) is 2.75. The molecule has 0 bridgehead atoms. The number of hydrogen-bond acceptors (Lipinski definition) is 3. The lowest BCUT2D eigenvalue weighted by Crippen LogP contribution is -2.31. The molecular formula is C15H17FN2OS. The molecule has 0 aliphatic rings. The number of anilines is 1. The van der Waals surface area contributed by atoms with Crippen LogP contribution in [0, 0.1) is 5.82 Å². The summed E-state index contributed by atoms with van der Waals surface area (Å²) in [5, 5.41) is 0.605. The molecule has 2 aromatic rings. The maximum absolute atomic E-state index is 13.3. The molecular weight excluding hydrogens is 275 g/mol. The van der Waals surface area contributed by atoms with E-state index in [0.717, 1.165) is 11.1 Å². The summed E-state index contributed by atoms with van der Waals surface area (Å²) >= 11 is 1.30. The SMILES string of the molecule is C=CCN(CCC)C(=O)c1sc2ccc(F)cc2c1N. The Hall–Kier alpha value is -1.88. The van der Waals surface area contributed by atoms with Crippen molar-refractivity contribution in [3.05, 3.63) is 41.5 Å². The second kappa shape index (κ2) is 6.05. The number of amides is 1. The Balaban J connectivity index is 2.43. The van der Waals surface area contributed by atoms with Crippen molar-refractivity contribution in [2.45, 2.75) is 13.3 Å². The molecule has 0 saturated carbocycles. The number of rotatable bonds is 5. The van der Waals surface area contributed by atoms with Gasteiger partial charge in [-0.1, -0.05) is 13.0 Å². The molecule has 20 heavy (non-hydrogen) atoms. The summed E-state index contributed by atoms with van der Waals surface area (Å²) in [6.07, 6.45) is 2.55. The minimum absolute atomic E-state index is 0.120. The number of carbonyl (C=O) groups is 1. The van der Waals surface area contributed by atoms with Gasteiger partial charge in [-0.15, -0.1) is 17.9 Å². The van der Waals surface area contributed by atoms with Crippen LogP contribution in [0.4, 0.5) is 10.1 Å². The zero-order chi connectivity index (χ0) is 14.7. The van der Waals surface area contributed by atoms with Crippen molar-refractivity contribution in [2.24, 2.45) is 0 Å². The smallest absolute Gasteiger partial charge is 0.266 e. The molecule has 0 unspecified atom stereocenters. The highest BCUT2D eigenvalue weighted by Crippen LogP contribution is 2.34. The van der Waals surface area contributed by atoms with Crippen LogP contribution in [0.1, 0.15) is 23.0 Å². The minimum atomic E-state index is -0.350. The number of benzene rings is 1. The summed E-state index contributed by atoms with van der Waals surface area (Å²) in [7, 11) is 0. The molecule has 106 valence electrons. The molecule has 0 aliphatic heterocycles. The summed E-state index contributed by atoms with van der Waals surface area (Å²) in [6, 6.07) is 4.40. The van der Waals surface area contributed by atoms with Crippen molar-refractivity contribution < 1.29 is 9.18 Å². The van der Waals surface area contributed by atoms with Crippen molar-refractivity contribution in [2.75, 3.05) is 18.8 Å². The van der Waals surface area contributed by atoms with Crippen molar-refractivity contribution >= 4 is 33.0 Å². The first-order valence-electron chi connectivity index (χ1n) is 6.46. The lowest BCUT2D eigenvalue weighted by molar-refractivity contribution is 0.0780. The molecule has 1 aromatic carbocycles. The van der Waals surface area contributed by atoms with E-state index in [4.69, 9.17) is 5.73 Å². The Morgan fingerprint density at radius 2 is 2.30 bits per heavy atom. The topological polar surface area (TPSA) is 46.3 Å².